The third-order valence-corrected chi connectivity index (χ3v) is 3.33. The quantitative estimate of drug-likeness (QED) is 0.786. The lowest BCUT2D eigenvalue weighted by molar-refractivity contribution is 0.342. The summed E-state index contributed by atoms with van der Waals surface area (Å²) < 4.78 is 3.79. The maximum absolute atomic E-state index is 9.04. The minimum absolute atomic E-state index is 0.0554. The second kappa shape index (κ2) is 5.35. The molecule has 0 fully saturated rings. The van der Waals surface area contributed by atoms with Gasteiger partial charge >= 0.3 is 0 Å². The zero-order chi connectivity index (χ0) is 16.6. The first-order valence-corrected chi connectivity index (χ1v) is 7.26. The molecule has 3 heterocycles. The summed E-state index contributed by atoms with van der Waals surface area (Å²) in [5.41, 5.74) is 7.41. The molecule has 3 rings (SSSR count). The van der Waals surface area contributed by atoms with E-state index in [0.29, 0.717) is 6.54 Å². The van der Waals surface area contributed by atoms with Gasteiger partial charge in [-0.2, -0.15) is 5.26 Å². The van der Waals surface area contributed by atoms with Crippen LogP contribution in [0.25, 0.3) is 11.0 Å². The number of fused-ring (bicyclic) bond motifs is 1. The standard InChI is InChI=1S/C15H18N8/c1-15(2,3)8-23-11(7-22-9-19-14(17)21-22)4-10-6-18-12(5-16)20-13(10)23/h4,6,9H,7-8H2,1-3H3,(H2,17,21). The molecule has 3 aromatic heterocycles. The SMILES string of the molecule is CC(C)(C)Cn1c(Cn2cnc(N)n2)cc2cnc(C#N)nc21. The number of nitrogen functional groups attached to an aromatic ring is 1. The molecular formula is C15H18N8. The Morgan fingerprint density at radius 3 is 2.70 bits per heavy atom. The van der Waals surface area contributed by atoms with Crippen molar-refractivity contribution in [2.75, 3.05) is 5.73 Å². The molecule has 2 N–H and O–H groups in total. The highest BCUT2D eigenvalue weighted by molar-refractivity contribution is 5.77. The highest BCUT2D eigenvalue weighted by Gasteiger charge is 2.18. The largest absolute Gasteiger partial charge is 0.367 e. The molecular weight excluding hydrogens is 292 g/mol. The average molecular weight is 310 g/mol. The molecule has 8 nitrogen and oxygen atoms in total. The van der Waals surface area contributed by atoms with Gasteiger partial charge in [-0.3, -0.25) is 0 Å². The second-order valence-corrected chi connectivity index (χ2v) is 6.67. The number of nitrogens with two attached hydrogens (primary N) is 1. The first-order valence-electron chi connectivity index (χ1n) is 7.26. The Bertz CT molecular complexity index is 890. The third-order valence-electron chi connectivity index (χ3n) is 3.33. The van der Waals surface area contributed by atoms with Crippen LogP contribution in [0.5, 0.6) is 0 Å². The Morgan fingerprint density at radius 2 is 2.09 bits per heavy atom. The predicted octanol–water partition coefficient (Wildman–Crippen LogP) is 1.57. The molecule has 0 atom stereocenters. The molecule has 23 heavy (non-hydrogen) atoms. The smallest absolute Gasteiger partial charge is 0.239 e. The van der Waals surface area contributed by atoms with Gasteiger partial charge in [-0.1, -0.05) is 20.8 Å². The van der Waals surface area contributed by atoms with Gasteiger partial charge in [0.2, 0.25) is 11.8 Å². The average Bonchev–Trinajstić information content (AvgIpc) is 3.02. The van der Waals surface area contributed by atoms with E-state index in [1.54, 1.807) is 17.2 Å². The van der Waals surface area contributed by atoms with Crippen LogP contribution in [0.2, 0.25) is 0 Å². The maximum atomic E-state index is 9.04. The van der Waals surface area contributed by atoms with E-state index in [1.807, 2.05) is 12.1 Å². The van der Waals surface area contributed by atoms with Gasteiger partial charge in [-0.05, 0) is 11.5 Å². The molecule has 118 valence electrons. The van der Waals surface area contributed by atoms with Crippen LogP contribution in [-0.2, 0) is 13.1 Å². The highest BCUT2D eigenvalue weighted by atomic mass is 15.4. The van der Waals surface area contributed by atoms with Gasteiger partial charge in [0.05, 0.1) is 6.54 Å². The van der Waals surface area contributed by atoms with Crippen molar-refractivity contribution in [3.05, 3.63) is 30.1 Å². The lowest BCUT2D eigenvalue weighted by Gasteiger charge is -2.21. The first-order chi connectivity index (χ1) is 10.9. The van der Waals surface area contributed by atoms with E-state index >= 15 is 0 Å². The van der Waals surface area contributed by atoms with E-state index in [2.05, 4.69) is 45.4 Å². The lowest BCUT2D eigenvalue weighted by Crippen LogP contribution is -2.19. The van der Waals surface area contributed by atoms with Gasteiger partial charge in [0.25, 0.3) is 0 Å². The first kappa shape index (κ1) is 15.0. The van der Waals surface area contributed by atoms with Crippen LogP contribution < -0.4 is 5.73 Å². The van der Waals surface area contributed by atoms with Crippen LogP contribution >= 0.6 is 0 Å². The number of nitriles is 1. The van der Waals surface area contributed by atoms with E-state index in [9.17, 15) is 0 Å². The van der Waals surface area contributed by atoms with Crippen LogP contribution in [0, 0.1) is 16.7 Å². The third kappa shape index (κ3) is 3.13. The fourth-order valence-corrected chi connectivity index (χ4v) is 2.48. The van der Waals surface area contributed by atoms with E-state index in [0.717, 1.165) is 23.3 Å². The second-order valence-electron chi connectivity index (χ2n) is 6.67. The number of nitrogens with zero attached hydrogens (tertiary/aromatic N) is 7. The van der Waals surface area contributed by atoms with Crippen molar-refractivity contribution in [2.24, 2.45) is 5.41 Å². The number of rotatable bonds is 3. The van der Waals surface area contributed by atoms with Gasteiger partial charge in [0.1, 0.15) is 18.0 Å². The van der Waals surface area contributed by atoms with Gasteiger partial charge in [0.15, 0.2) is 0 Å². The fourth-order valence-electron chi connectivity index (χ4n) is 2.48. The summed E-state index contributed by atoms with van der Waals surface area (Å²) in [6.45, 7) is 7.75. The Balaban J connectivity index is 2.11. The zero-order valence-corrected chi connectivity index (χ0v) is 13.4. The number of hydrogen-bond acceptors (Lipinski definition) is 6. The molecule has 0 amide bonds. The highest BCUT2D eigenvalue weighted by Crippen LogP contribution is 2.24. The summed E-state index contributed by atoms with van der Waals surface area (Å²) in [4.78, 5) is 12.4. The van der Waals surface area contributed by atoms with E-state index in [-0.39, 0.29) is 17.2 Å². The minimum atomic E-state index is 0.0554. The van der Waals surface area contributed by atoms with Crippen molar-refractivity contribution in [3.63, 3.8) is 0 Å². The normalized spacial score (nSPS) is 11.7. The van der Waals surface area contributed by atoms with Crippen LogP contribution in [0.15, 0.2) is 18.6 Å². The summed E-state index contributed by atoms with van der Waals surface area (Å²) in [6.07, 6.45) is 3.28. The molecule has 3 aromatic rings. The van der Waals surface area contributed by atoms with Crippen LogP contribution in [0.4, 0.5) is 5.95 Å². The summed E-state index contributed by atoms with van der Waals surface area (Å²) >= 11 is 0. The topological polar surface area (TPSA) is 111 Å². The van der Waals surface area contributed by atoms with E-state index in [4.69, 9.17) is 11.0 Å². The van der Waals surface area contributed by atoms with Crippen LogP contribution in [0.3, 0.4) is 0 Å². The molecule has 0 bridgehead atoms. The van der Waals surface area contributed by atoms with E-state index < -0.39 is 0 Å². The van der Waals surface area contributed by atoms with Gasteiger partial charge in [0, 0.05) is 23.8 Å². The van der Waals surface area contributed by atoms with Crippen molar-refractivity contribution in [1.82, 2.24) is 29.3 Å². The Morgan fingerprint density at radius 1 is 1.30 bits per heavy atom. The van der Waals surface area contributed by atoms with Crippen LogP contribution in [-0.4, -0.2) is 29.3 Å². The predicted molar refractivity (Wildman–Crippen MR) is 85.2 cm³/mol. The number of aromatic nitrogens is 6. The maximum Gasteiger partial charge on any atom is 0.239 e. The molecule has 0 aromatic carbocycles. The minimum Gasteiger partial charge on any atom is -0.367 e. The number of anilines is 1. The monoisotopic (exact) mass is 310 g/mol. The van der Waals surface area contributed by atoms with Crippen LogP contribution in [0.1, 0.15) is 32.3 Å². The number of hydrogen-bond donors (Lipinski definition) is 1. The van der Waals surface area contributed by atoms with E-state index in [1.165, 1.54) is 0 Å². The molecule has 0 radical (unpaired) electrons. The summed E-state index contributed by atoms with van der Waals surface area (Å²) in [7, 11) is 0. The fraction of sp³-hybridized carbons (Fsp3) is 0.400. The van der Waals surface area contributed by atoms with Crippen molar-refractivity contribution < 1.29 is 0 Å². The van der Waals surface area contributed by atoms with Crippen molar-refractivity contribution >= 4 is 17.0 Å². The van der Waals surface area contributed by atoms with Crippen molar-refractivity contribution in [3.8, 4) is 6.07 Å². The molecule has 0 saturated carbocycles. The summed E-state index contributed by atoms with van der Waals surface area (Å²) in [6, 6.07) is 4.01. The van der Waals surface area contributed by atoms with Gasteiger partial charge in [-0.25, -0.2) is 19.6 Å². The molecule has 0 spiro atoms. The molecule has 8 heteroatoms. The van der Waals surface area contributed by atoms with Gasteiger partial charge < -0.3 is 10.3 Å². The molecule has 0 unspecified atom stereocenters. The lowest BCUT2D eigenvalue weighted by atomic mass is 9.97. The van der Waals surface area contributed by atoms with Crippen molar-refractivity contribution in [1.29, 1.82) is 5.26 Å². The summed E-state index contributed by atoms with van der Waals surface area (Å²) in [5.74, 6) is 0.414. The molecule has 0 aliphatic rings. The Hall–Kier alpha value is -2.95. The summed E-state index contributed by atoms with van der Waals surface area (Å²) in [5, 5.41) is 14.1. The van der Waals surface area contributed by atoms with Crippen molar-refractivity contribution in [2.45, 2.75) is 33.9 Å². The molecule has 0 saturated heterocycles. The molecule has 0 aliphatic heterocycles. The Kier molecular flexibility index (Phi) is 3.48. The molecule has 0 aliphatic carbocycles. The zero-order valence-electron chi connectivity index (χ0n) is 13.4. The van der Waals surface area contributed by atoms with Gasteiger partial charge in [-0.15, -0.1) is 5.10 Å². The Labute approximate surface area is 133 Å².